The number of benzene rings is 3. The van der Waals surface area contributed by atoms with Gasteiger partial charge in [0.1, 0.15) is 6.04 Å². The quantitative estimate of drug-likeness (QED) is 0.628. The van der Waals surface area contributed by atoms with E-state index >= 15 is 0 Å². The number of carbonyl (C=O) groups excluding carboxylic acids is 4. The third kappa shape index (κ3) is 3.93. The van der Waals surface area contributed by atoms with Crippen molar-refractivity contribution in [2.45, 2.75) is 13.0 Å². The standard InChI is InChI=1S/C24H19N3O4/c1-15(25-22(29)16-8-3-2-4-9-16)21(28)26-17-10-7-11-18(14-17)27-23(30)19-12-5-6-13-20(19)24(27)31/h2-15H,1H3,(H,25,29)(H,26,28). The Kier molecular flexibility index (Phi) is 5.32. The van der Waals surface area contributed by atoms with Crippen LogP contribution >= 0.6 is 0 Å². The first-order chi connectivity index (χ1) is 15.0. The second-order valence-electron chi connectivity index (χ2n) is 7.09. The average Bonchev–Trinajstić information content (AvgIpc) is 3.04. The molecule has 4 amide bonds. The average molecular weight is 413 g/mol. The van der Waals surface area contributed by atoms with Crippen LogP contribution in [0.3, 0.4) is 0 Å². The van der Waals surface area contributed by atoms with Gasteiger partial charge in [0.2, 0.25) is 5.91 Å². The number of rotatable bonds is 5. The summed E-state index contributed by atoms with van der Waals surface area (Å²) in [5.41, 5.74) is 1.90. The number of hydrogen-bond donors (Lipinski definition) is 2. The first-order valence-electron chi connectivity index (χ1n) is 9.70. The van der Waals surface area contributed by atoms with Crippen molar-refractivity contribution in [3.8, 4) is 0 Å². The third-order valence-electron chi connectivity index (χ3n) is 4.94. The van der Waals surface area contributed by atoms with Gasteiger partial charge in [-0.3, -0.25) is 19.2 Å². The molecule has 0 saturated heterocycles. The van der Waals surface area contributed by atoms with Gasteiger partial charge in [0.05, 0.1) is 16.8 Å². The lowest BCUT2D eigenvalue weighted by Crippen LogP contribution is -2.41. The van der Waals surface area contributed by atoms with E-state index in [1.54, 1.807) is 85.8 Å². The molecule has 31 heavy (non-hydrogen) atoms. The molecule has 3 aromatic carbocycles. The molecule has 1 aliphatic heterocycles. The van der Waals surface area contributed by atoms with Crippen molar-refractivity contribution in [3.05, 3.63) is 95.6 Å². The SMILES string of the molecule is CC(NC(=O)c1ccccc1)C(=O)Nc1cccc(N2C(=O)c3ccccc3C2=O)c1. The third-order valence-corrected chi connectivity index (χ3v) is 4.94. The van der Waals surface area contributed by atoms with Crippen molar-refractivity contribution in [2.24, 2.45) is 0 Å². The molecule has 154 valence electrons. The molecule has 0 bridgehead atoms. The van der Waals surface area contributed by atoms with Crippen LogP contribution in [-0.2, 0) is 4.79 Å². The van der Waals surface area contributed by atoms with Crippen LogP contribution in [-0.4, -0.2) is 29.7 Å². The predicted octanol–water partition coefficient (Wildman–Crippen LogP) is 3.24. The van der Waals surface area contributed by atoms with E-state index in [1.165, 1.54) is 0 Å². The highest BCUT2D eigenvalue weighted by Crippen LogP contribution is 2.29. The number of carbonyl (C=O) groups is 4. The van der Waals surface area contributed by atoms with E-state index in [1.807, 2.05) is 0 Å². The molecular weight excluding hydrogens is 394 g/mol. The summed E-state index contributed by atoms with van der Waals surface area (Å²) in [4.78, 5) is 51.2. The van der Waals surface area contributed by atoms with Crippen LogP contribution in [0.15, 0.2) is 78.9 Å². The molecule has 0 fully saturated rings. The summed E-state index contributed by atoms with van der Waals surface area (Å²) in [5, 5.41) is 5.35. The van der Waals surface area contributed by atoms with E-state index < -0.39 is 23.8 Å². The van der Waals surface area contributed by atoms with Crippen molar-refractivity contribution in [2.75, 3.05) is 10.2 Å². The van der Waals surface area contributed by atoms with Crippen molar-refractivity contribution in [3.63, 3.8) is 0 Å². The van der Waals surface area contributed by atoms with Gasteiger partial charge in [-0.25, -0.2) is 4.90 Å². The molecule has 1 aliphatic rings. The summed E-state index contributed by atoms with van der Waals surface area (Å²) >= 11 is 0. The van der Waals surface area contributed by atoms with Crippen LogP contribution in [0.1, 0.15) is 38.0 Å². The van der Waals surface area contributed by atoms with Crippen LogP contribution in [0.25, 0.3) is 0 Å². The number of nitrogens with zero attached hydrogens (tertiary/aromatic N) is 1. The minimum Gasteiger partial charge on any atom is -0.341 e. The Hall–Kier alpha value is -4.26. The fraction of sp³-hybridized carbons (Fsp3) is 0.0833. The molecule has 2 N–H and O–H groups in total. The molecule has 0 saturated carbocycles. The zero-order valence-electron chi connectivity index (χ0n) is 16.7. The molecule has 7 nitrogen and oxygen atoms in total. The lowest BCUT2D eigenvalue weighted by molar-refractivity contribution is -0.117. The van der Waals surface area contributed by atoms with E-state index in [-0.39, 0.29) is 5.91 Å². The Balaban J connectivity index is 1.47. The zero-order valence-corrected chi connectivity index (χ0v) is 16.7. The van der Waals surface area contributed by atoms with Crippen molar-refractivity contribution in [1.82, 2.24) is 5.32 Å². The lowest BCUT2D eigenvalue weighted by atomic mass is 10.1. The van der Waals surface area contributed by atoms with Gasteiger partial charge in [-0.1, -0.05) is 36.4 Å². The Bertz CT molecular complexity index is 1160. The van der Waals surface area contributed by atoms with E-state index in [0.29, 0.717) is 28.1 Å². The molecule has 0 aromatic heterocycles. The fourth-order valence-electron chi connectivity index (χ4n) is 3.33. The first kappa shape index (κ1) is 20.0. The van der Waals surface area contributed by atoms with Gasteiger partial charge >= 0.3 is 0 Å². The van der Waals surface area contributed by atoms with Gasteiger partial charge in [-0.2, -0.15) is 0 Å². The molecule has 1 atom stereocenters. The molecule has 7 heteroatoms. The molecule has 1 unspecified atom stereocenters. The minimum absolute atomic E-state index is 0.346. The Morgan fingerprint density at radius 1 is 0.806 bits per heavy atom. The largest absolute Gasteiger partial charge is 0.341 e. The summed E-state index contributed by atoms with van der Waals surface area (Å²) in [7, 11) is 0. The highest BCUT2D eigenvalue weighted by molar-refractivity contribution is 6.34. The monoisotopic (exact) mass is 413 g/mol. The van der Waals surface area contributed by atoms with Crippen molar-refractivity contribution < 1.29 is 19.2 Å². The number of amides is 4. The Morgan fingerprint density at radius 2 is 1.42 bits per heavy atom. The second-order valence-corrected chi connectivity index (χ2v) is 7.09. The van der Waals surface area contributed by atoms with Gasteiger partial charge in [-0.05, 0) is 49.4 Å². The second kappa shape index (κ2) is 8.23. The van der Waals surface area contributed by atoms with E-state index in [0.717, 1.165) is 4.90 Å². The summed E-state index contributed by atoms with van der Waals surface area (Å²) in [6.07, 6.45) is 0. The predicted molar refractivity (Wildman–Crippen MR) is 116 cm³/mol. The smallest absolute Gasteiger partial charge is 0.266 e. The van der Waals surface area contributed by atoms with Crippen LogP contribution < -0.4 is 15.5 Å². The zero-order chi connectivity index (χ0) is 22.0. The molecule has 3 aromatic rings. The topological polar surface area (TPSA) is 95.6 Å². The lowest BCUT2D eigenvalue weighted by Gasteiger charge is -2.17. The van der Waals surface area contributed by atoms with Gasteiger partial charge in [0.15, 0.2) is 0 Å². The Morgan fingerprint density at radius 3 is 2.06 bits per heavy atom. The van der Waals surface area contributed by atoms with E-state index in [9.17, 15) is 19.2 Å². The fourth-order valence-corrected chi connectivity index (χ4v) is 3.33. The summed E-state index contributed by atoms with van der Waals surface area (Å²) in [5.74, 6) is -1.60. The molecule has 1 heterocycles. The molecule has 0 radical (unpaired) electrons. The van der Waals surface area contributed by atoms with E-state index in [4.69, 9.17) is 0 Å². The number of hydrogen-bond acceptors (Lipinski definition) is 4. The normalized spacial score (nSPS) is 13.5. The summed E-state index contributed by atoms with van der Waals surface area (Å²) in [6, 6.07) is 20.9. The number of nitrogens with one attached hydrogen (secondary N) is 2. The maximum Gasteiger partial charge on any atom is 0.266 e. The minimum atomic E-state index is -0.796. The van der Waals surface area contributed by atoms with Crippen LogP contribution in [0.4, 0.5) is 11.4 Å². The maximum absolute atomic E-state index is 12.7. The van der Waals surface area contributed by atoms with E-state index in [2.05, 4.69) is 10.6 Å². The van der Waals surface area contributed by atoms with Gasteiger partial charge < -0.3 is 10.6 Å². The molecule has 0 spiro atoms. The molecular formula is C24H19N3O4. The number of anilines is 2. The van der Waals surface area contributed by atoms with Gasteiger partial charge in [0, 0.05) is 11.3 Å². The number of fused-ring (bicyclic) bond motifs is 1. The maximum atomic E-state index is 12.7. The highest BCUT2D eigenvalue weighted by atomic mass is 16.2. The molecule has 4 rings (SSSR count). The van der Waals surface area contributed by atoms with Crippen molar-refractivity contribution in [1.29, 1.82) is 0 Å². The van der Waals surface area contributed by atoms with Gasteiger partial charge in [-0.15, -0.1) is 0 Å². The first-order valence-corrected chi connectivity index (χ1v) is 9.70. The summed E-state index contributed by atoms with van der Waals surface area (Å²) < 4.78 is 0. The Labute approximate surface area is 178 Å². The highest BCUT2D eigenvalue weighted by Gasteiger charge is 2.36. The van der Waals surface area contributed by atoms with Crippen LogP contribution in [0.5, 0.6) is 0 Å². The number of imide groups is 1. The molecule has 0 aliphatic carbocycles. The van der Waals surface area contributed by atoms with Crippen LogP contribution in [0.2, 0.25) is 0 Å². The van der Waals surface area contributed by atoms with Crippen LogP contribution in [0, 0.1) is 0 Å². The summed E-state index contributed by atoms with van der Waals surface area (Å²) in [6.45, 7) is 1.57. The van der Waals surface area contributed by atoms with Crippen molar-refractivity contribution >= 4 is 35.0 Å². The van der Waals surface area contributed by atoms with Gasteiger partial charge in [0.25, 0.3) is 17.7 Å².